The first-order chi connectivity index (χ1) is 20.6. The minimum atomic E-state index is -1.37. The first-order valence-corrected chi connectivity index (χ1v) is 15.3. The molecule has 0 aromatic heterocycles. The molecule has 3 atom stereocenters. The molecule has 0 fully saturated rings. The van der Waals surface area contributed by atoms with Crippen molar-refractivity contribution in [3.8, 4) is 0 Å². The van der Waals surface area contributed by atoms with Crippen molar-refractivity contribution in [1.29, 1.82) is 0 Å². The number of hydrogen-bond donors (Lipinski definition) is 4. The van der Waals surface area contributed by atoms with Gasteiger partial charge in [0.25, 0.3) is 0 Å². The fourth-order valence-corrected chi connectivity index (χ4v) is 4.88. The first kappa shape index (κ1) is 37.3. The summed E-state index contributed by atoms with van der Waals surface area (Å²) in [5.74, 6) is -2.80. The molecular formula is C35H52N4O6. The van der Waals surface area contributed by atoms with E-state index in [-0.39, 0.29) is 36.8 Å². The second-order valence-corrected chi connectivity index (χ2v) is 15.1. The van der Waals surface area contributed by atoms with Gasteiger partial charge in [-0.2, -0.15) is 0 Å². The zero-order valence-corrected chi connectivity index (χ0v) is 28.3. The molecule has 45 heavy (non-hydrogen) atoms. The molecule has 248 valence electrons. The number of carbonyl (C=O) groups is 4. The molecule has 0 aliphatic rings. The Labute approximate surface area is 268 Å². The maximum Gasteiger partial charge on any atom is 0.417 e. The summed E-state index contributed by atoms with van der Waals surface area (Å²) in [6.07, 6.45) is -0.747. The summed E-state index contributed by atoms with van der Waals surface area (Å²) >= 11 is 0. The van der Waals surface area contributed by atoms with Crippen molar-refractivity contribution >= 4 is 29.6 Å². The lowest BCUT2D eigenvalue weighted by atomic mass is 9.85. The highest BCUT2D eigenvalue weighted by Gasteiger charge is 2.42. The highest BCUT2D eigenvalue weighted by Crippen LogP contribution is 2.27. The van der Waals surface area contributed by atoms with Crippen LogP contribution in [-0.2, 0) is 32.1 Å². The lowest BCUT2D eigenvalue weighted by molar-refractivity contribution is -0.145. The zero-order chi connectivity index (χ0) is 34.2. The maximum atomic E-state index is 14.0. The molecule has 2 aromatic rings. The minimum Gasteiger partial charge on any atom is -0.480 e. The molecule has 0 saturated heterocycles. The Balaban J connectivity index is 2.45. The normalized spacial score (nSPS) is 14.1. The van der Waals surface area contributed by atoms with E-state index in [1.54, 1.807) is 30.3 Å². The van der Waals surface area contributed by atoms with Gasteiger partial charge in [-0.15, -0.1) is 0 Å². The van der Waals surface area contributed by atoms with Gasteiger partial charge in [0.05, 0.1) is 6.04 Å². The Hall–Kier alpha value is -3.92. The Kier molecular flexibility index (Phi) is 12.7. The number of rotatable bonds is 12. The molecular weight excluding hydrogens is 572 g/mol. The number of nitrogens with one attached hydrogen (secondary N) is 2. The third kappa shape index (κ3) is 13.3. The summed E-state index contributed by atoms with van der Waals surface area (Å²) in [4.78, 5) is 54.7. The molecule has 2 rings (SSSR count). The highest BCUT2D eigenvalue weighted by atomic mass is 16.6. The Morgan fingerprint density at radius 1 is 0.844 bits per heavy atom. The van der Waals surface area contributed by atoms with E-state index in [1.165, 1.54) is 0 Å². The molecule has 0 saturated carbocycles. The van der Waals surface area contributed by atoms with E-state index in [1.807, 2.05) is 86.6 Å². The topological polar surface area (TPSA) is 151 Å². The van der Waals surface area contributed by atoms with E-state index in [9.17, 15) is 24.3 Å². The SMILES string of the molecule is CC(C)(C)C[C@@H](N)C(=O)N(C(=O)OCc1ccccc1)[C@@H](CC(C)(C)C)C(=O)N[C@@H](Cc1cccc(NC(C)(C)C)c1)C(=O)O. The van der Waals surface area contributed by atoms with Crippen molar-refractivity contribution in [1.82, 2.24) is 10.2 Å². The number of nitrogens with two attached hydrogens (primary N) is 1. The molecule has 0 bridgehead atoms. The number of hydrogen-bond acceptors (Lipinski definition) is 7. The average Bonchev–Trinajstić information content (AvgIpc) is 2.89. The van der Waals surface area contributed by atoms with E-state index in [0.717, 1.165) is 10.6 Å². The summed E-state index contributed by atoms with van der Waals surface area (Å²) < 4.78 is 5.55. The monoisotopic (exact) mass is 624 g/mol. The van der Waals surface area contributed by atoms with Crippen LogP contribution in [0, 0.1) is 10.8 Å². The molecule has 0 spiro atoms. The number of carboxylic acids is 1. The van der Waals surface area contributed by atoms with Gasteiger partial charge in [0.2, 0.25) is 11.8 Å². The van der Waals surface area contributed by atoms with Crippen LogP contribution in [0.2, 0.25) is 0 Å². The van der Waals surface area contributed by atoms with Crippen LogP contribution in [0.1, 0.15) is 86.3 Å². The quantitative estimate of drug-likeness (QED) is 0.233. The standard InChI is InChI=1S/C35H52N4O6/c1-33(2,3)20-26(36)30(41)39(32(44)45-22-23-14-11-10-12-15-23)28(21-34(4,5)6)29(40)37-27(31(42)43)19-24-16-13-17-25(18-24)38-35(7,8)9/h10-18,26-28,38H,19-22,36H2,1-9H3,(H,37,40)(H,42,43)/t26-,27+,28+/m1/s1. The van der Waals surface area contributed by atoms with Crippen LogP contribution in [0.4, 0.5) is 10.5 Å². The largest absolute Gasteiger partial charge is 0.480 e. The van der Waals surface area contributed by atoms with Gasteiger partial charge in [-0.05, 0) is 67.7 Å². The van der Waals surface area contributed by atoms with Crippen LogP contribution in [0.5, 0.6) is 0 Å². The molecule has 0 heterocycles. The number of benzene rings is 2. The molecule has 10 nitrogen and oxygen atoms in total. The van der Waals surface area contributed by atoms with E-state index in [0.29, 0.717) is 11.1 Å². The third-order valence-corrected chi connectivity index (χ3v) is 6.71. The molecule has 5 N–H and O–H groups in total. The number of carboxylic acid groups (broad SMARTS) is 1. The first-order valence-electron chi connectivity index (χ1n) is 15.3. The van der Waals surface area contributed by atoms with E-state index in [2.05, 4.69) is 10.6 Å². The van der Waals surface area contributed by atoms with E-state index >= 15 is 0 Å². The van der Waals surface area contributed by atoms with Crippen LogP contribution in [0.3, 0.4) is 0 Å². The van der Waals surface area contributed by atoms with Gasteiger partial charge in [0.15, 0.2) is 0 Å². The number of amides is 3. The van der Waals surface area contributed by atoms with Crippen LogP contribution in [0.15, 0.2) is 54.6 Å². The fraction of sp³-hybridized carbons (Fsp3) is 0.543. The number of nitrogens with zero attached hydrogens (tertiary/aromatic N) is 1. The van der Waals surface area contributed by atoms with Crippen LogP contribution >= 0.6 is 0 Å². The molecule has 0 aliphatic heterocycles. The second-order valence-electron chi connectivity index (χ2n) is 15.1. The van der Waals surface area contributed by atoms with Gasteiger partial charge in [0, 0.05) is 17.6 Å². The van der Waals surface area contributed by atoms with Crippen molar-refractivity contribution in [3.05, 3.63) is 65.7 Å². The van der Waals surface area contributed by atoms with Gasteiger partial charge >= 0.3 is 12.1 Å². The number of imide groups is 1. The predicted octanol–water partition coefficient (Wildman–Crippen LogP) is 5.74. The molecule has 2 aromatic carbocycles. The fourth-order valence-electron chi connectivity index (χ4n) is 4.88. The second kappa shape index (κ2) is 15.4. The molecule has 10 heteroatoms. The molecule has 3 amide bonds. The van der Waals surface area contributed by atoms with Crippen molar-refractivity contribution in [2.24, 2.45) is 16.6 Å². The summed E-state index contributed by atoms with van der Waals surface area (Å²) in [5.41, 5.74) is 7.43. The molecule has 0 aliphatic carbocycles. The van der Waals surface area contributed by atoms with Crippen molar-refractivity contribution in [3.63, 3.8) is 0 Å². The van der Waals surface area contributed by atoms with Crippen LogP contribution in [0.25, 0.3) is 0 Å². The Morgan fingerprint density at radius 2 is 1.42 bits per heavy atom. The summed E-state index contributed by atoms with van der Waals surface area (Å²) in [7, 11) is 0. The van der Waals surface area contributed by atoms with E-state index in [4.69, 9.17) is 10.5 Å². The minimum absolute atomic E-state index is 0.0150. The summed E-state index contributed by atoms with van der Waals surface area (Å²) in [5, 5.41) is 16.1. The lowest BCUT2D eigenvalue weighted by Gasteiger charge is -2.35. The maximum absolute atomic E-state index is 14.0. The number of ether oxygens (including phenoxy) is 1. The van der Waals surface area contributed by atoms with E-state index < -0.39 is 47.4 Å². The molecule has 0 radical (unpaired) electrons. The van der Waals surface area contributed by atoms with Gasteiger partial charge in [-0.1, -0.05) is 84.0 Å². The van der Waals surface area contributed by atoms with Gasteiger partial charge in [-0.3, -0.25) is 9.59 Å². The van der Waals surface area contributed by atoms with Crippen molar-refractivity contribution < 1.29 is 29.0 Å². The summed E-state index contributed by atoms with van der Waals surface area (Å²) in [6.45, 7) is 17.3. The number of anilines is 1. The van der Waals surface area contributed by atoms with Crippen LogP contribution < -0.4 is 16.4 Å². The van der Waals surface area contributed by atoms with Crippen LogP contribution in [-0.4, -0.2) is 57.5 Å². The van der Waals surface area contributed by atoms with Crippen molar-refractivity contribution in [2.45, 2.75) is 112 Å². The predicted molar refractivity (Wildman–Crippen MR) is 176 cm³/mol. The number of aliphatic carboxylic acids is 1. The smallest absolute Gasteiger partial charge is 0.417 e. The number of carbonyl (C=O) groups excluding carboxylic acids is 3. The Morgan fingerprint density at radius 3 is 1.96 bits per heavy atom. The van der Waals surface area contributed by atoms with Gasteiger partial charge < -0.3 is 26.2 Å². The Bertz CT molecular complexity index is 1310. The molecule has 0 unspecified atom stereocenters. The van der Waals surface area contributed by atoms with Gasteiger partial charge in [0.1, 0.15) is 18.7 Å². The summed E-state index contributed by atoms with van der Waals surface area (Å²) in [6, 6.07) is 12.5. The highest BCUT2D eigenvalue weighted by molar-refractivity contribution is 6.00. The lowest BCUT2D eigenvalue weighted by Crippen LogP contribution is -2.59. The third-order valence-electron chi connectivity index (χ3n) is 6.71. The zero-order valence-electron chi connectivity index (χ0n) is 28.3. The van der Waals surface area contributed by atoms with Gasteiger partial charge in [-0.25, -0.2) is 14.5 Å². The average molecular weight is 625 g/mol. The van der Waals surface area contributed by atoms with Crippen molar-refractivity contribution in [2.75, 3.05) is 5.32 Å².